The number of ether oxygens (including phenoxy) is 1. The third-order valence-corrected chi connectivity index (χ3v) is 4.77. The number of benzene rings is 1. The Morgan fingerprint density at radius 2 is 1.90 bits per heavy atom. The van der Waals surface area contributed by atoms with E-state index in [4.69, 9.17) is 10.00 Å². The van der Waals surface area contributed by atoms with Gasteiger partial charge in [0, 0.05) is 18.4 Å². The summed E-state index contributed by atoms with van der Waals surface area (Å²) in [4.78, 5) is 22.0. The van der Waals surface area contributed by atoms with Crippen molar-refractivity contribution in [2.24, 2.45) is 0 Å². The Labute approximate surface area is 167 Å². The van der Waals surface area contributed by atoms with Crippen molar-refractivity contribution < 1.29 is 9.53 Å². The minimum atomic E-state index is -0.239. The number of nitrogens with one attached hydrogen (secondary N) is 1. The van der Waals surface area contributed by atoms with Gasteiger partial charge in [0.1, 0.15) is 12.2 Å². The van der Waals surface area contributed by atoms with Gasteiger partial charge in [-0.1, -0.05) is 18.2 Å². The van der Waals surface area contributed by atoms with Crippen molar-refractivity contribution in [2.75, 3.05) is 0 Å². The maximum Gasteiger partial charge on any atom is 0.273 e. The lowest BCUT2D eigenvalue weighted by atomic mass is 9.93. The van der Waals surface area contributed by atoms with Gasteiger partial charge in [-0.15, -0.1) is 5.10 Å². The zero-order chi connectivity index (χ0) is 20.1. The highest BCUT2D eigenvalue weighted by Crippen LogP contribution is 2.24. The van der Waals surface area contributed by atoms with Crippen LogP contribution in [-0.4, -0.2) is 43.0 Å². The number of hydrogen-bond acceptors (Lipinski definition) is 7. The molecule has 1 aliphatic carbocycles. The fourth-order valence-corrected chi connectivity index (χ4v) is 3.28. The molecule has 4 rings (SSSR count). The molecule has 146 valence electrons. The highest BCUT2D eigenvalue weighted by molar-refractivity contribution is 5.92. The summed E-state index contributed by atoms with van der Waals surface area (Å²) in [5.74, 6) is 0.0252. The van der Waals surface area contributed by atoms with Crippen molar-refractivity contribution in [2.45, 2.75) is 37.8 Å². The van der Waals surface area contributed by atoms with E-state index in [1.807, 2.05) is 36.4 Å². The molecular formula is C20H19N7O2. The van der Waals surface area contributed by atoms with Gasteiger partial charge in [-0.2, -0.15) is 15.2 Å². The van der Waals surface area contributed by atoms with Crippen LogP contribution in [-0.2, 0) is 0 Å². The summed E-state index contributed by atoms with van der Waals surface area (Å²) in [5, 5.41) is 20.5. The second-order valence-electron chi connectivity index (χ2n) is 6.74. The monoisotopic (exact) mass is 389 g/mol. The van der Waals surface area contributed by atoms with Crippen LogP contribution >= 0.6 is 0 Å². The molecule has 0 bridgehead atoms. The first-order chi connectivity index (χ1) is 14.2. The molecule has 0 saturated heterocycles. The van der Waals surface area contributed by atoms with Crippen LogP contribution in [0.25, 0.3) is 5.69 Å². The van der Waals surface area contributed by atoms with Crippen LogP contribution in [0.15, 0.2) is 48.9 Å². The second kappa shape index (κ2) is 8.48. The van der Waals surface area contributed by atoms with Gasteiger partial charge >= 0.3 is 0 Å². The molecule has 1 saturated carbocycles. The lowest BCUT2D eigenvalue weighted by Crippen LogP contribution is -2.40. The molecule has 2 heterocycles. The van der Waals surface area contributed by atoms with Gasteiger partial charge in [0.15, 0.2) is 5.69 Å². The van der Waals surface area contributed by atoms with Crippen molar-refractivity contribution in [1.29, 1.82) is 5.26 Å². The molecule has 1 amide bonds. The average Bonchev–Trinajstić information content (AvgIpc) is 3.27. The average molecular weight is 389 g/mol. The molecule has 0 unspecified atom stereocenters. The summed E-state index contributed by atoms with van der Waals surface area (Å²) in [6.45, 7) is 0. The van der Waals surface area contributed by atoms with Crippen molar-refractivity contribution in [3.05, 3.63) is 60.3 Å². The number of carbonyl (C=O) groups excluding carboxylic acids is 1. The largest absolute Gasteiger partial charge is 0.472 e. The van der Waals surface area contributed by atoms with Gasteiger partial charge in [-0.25, -0.2) is 9.97 Å². The number of rotatable bonds is 5. The maximum absolute atomic E-state index is 12.5. The van der Waals surface area contributed by atoms with E-state index < -0.39 is 0 Å². The van der Waals surface area contributed by atoms with E-state index in [1.54, 1.807) is 0 Å². The van der Waals surface area contributed by atoms with E-state index in [0.29, 0.717) is 0 Å². The number of para-hydroxylation sites is 1. The fourth-order valence-electron chi connectivity index (χ4n) is 3.28. The molecule has 2 aromatic heterocycles. The quantitative estimate of drug-likeness (QED) is 0.709. The first-order valence-electron chi connectivity index (χ1n) is 9.39. The van der Waals surface area contributed by atoms with Crippen molar-refractivity contribution in [3.63, 3.8) is 0 Å². The van der Waals surface area contributed by atoms with Crippen LogP contribution in [0.2, 0.25) is 0 Å². The summed E-state index contributed by atoms with van der Waals surface area (Å²) < 4.78 is 5.83. The molecular weight excluding hydrogens is 370 g/mol. The first kappa shape index (κ1) is 18.6. The Morgan fingerprint density at radius 3 is 2.66 bits per heavy atom. The van der Waals surface area contributed by atoms with Gasteiger partial charge in [-0.05, 0) is 37.8 Å². The van der Waals surface area contributed by atoms with Crippen molar-refractivity contribution in [3.8, 4) is 17.6 Å². The molecule has 0 radical (unpaired) electrons. The van der Waals surface area contributed by atoms with E-state index in [1.165, 1.54) is 23.4 Å². The Hall–Kier alpha value is -3.80. The maximum atomic E-state index is 12.5. The number of amides is 1. The molecule has 0 atom stereocenters. The molecule has 1 fully saturated rings. The minimum Gasteiger partial charge on any atom is -0.472 e. The lowest BCUT2D eigenvalue weighted by Gasteiger charge is -2.29. The van der Waals surface area contributed by atoms with Gasteiger partial charge in [0.05, 0.1) is 11.9 Å². The lowest BCUT2D eigenvalue weighted by molar-refractivity contribution is 0.0884. The normalized spacial score (nSPS) is 18.6. The minimum absolute atomic E-state index is 0.0431. The summed E-state index contributed by atoms with van der Waals surface area (Å²) in [5.41, 5.74) is 1.26. The van der Waals surface area contributed by atoms with E-state index in [9.17, 15) is 4.79 Å². The summed E-state index contributed by atoms with van der Waals surface area (Å²) in [7, 11) is 0. The Balaban J connectivity index is 1.30. The molecule has 0 aliphatic heterocycles. The molecule has 29 heavy (non-hydrogen) atoms. The Kier molecular flexibility index (Phi) is 5.42. The Morgan fingerprint density at radius 1 is 1.14 bits per heavy atom. The number of hydrogen-bond donors (Lipinski definition) is 1. The predicted molar refractivity (Wildman–Crippen MR) is 102 cm³/mol. The third-order valence-electron chi connectivity index (χ3n) is 4.77. The number of nitrogens with zero attached hydrogens (tertiary/aromatic N) is 6. The fraction of sp³-hybridized carbons (Fsp3) is 0.300. The molecule has 3 aromatic rings. The third kappa shape index (κ3) is 4.38. The smallest absolute Gasteiger partial charge is 0.273 e. The van der Waals surface area contributed by atoms with Crippen LogP contribution in [0.3, 0.4) is 0 Å². The van der Waals surface area contributed by atoms with Gasteiger partial charge in [0.25, 0.3) is 11.8 Å². The van der Waals surface area contributed by atoms with Crippen LogP contribution < -0.4 is 10.1 Å². The zero-order valence-electron chi connectivity index (χ0n) is 15.6. The molecule has 1 N–H and O–H groups in total. The van der Waals surface area contributed by atoms with Gasteiger partial charge in [0.2, 0.25) is 5.69 Å². The van der Waals surface area contributed by atoms with Gasteiger partial charge in [-0.3, -0.25) is 4.79 Å². The first-order valence-corrected chi connectivity index (χ1v) is 9.39. The predicted octanol–water partition coefficient (Wildman–Crippen LogP) is 2.05. The number of aromatic nitrogens is 5. The summed E-state index contributed by atoms with van der Waals surface area (Å²) in [6, 6.07) is 11.5. The van der Waals surface area contributed by atoms with E-state index in [2.05, 4.69) is 25.5 Å². The van der Waals surface area contributed by atoms with Crippen LogP contribution in [0.1, 0.15) is 41.9 Å². The Bertz CT molecular complexity index is 1020. The SMILES string of the molecule is N#Cc1nccnc1OC1CCC(NC(=O)c2cnn(-c3ccccc3)n2)CC1. The van der Waals surface area contributed by atoms with Crippen LogP contribution in [0, 0.1) is 11.3 Å². The topological polar surface area (TPSA) is 119 Å². The molecule has 9 nitrogen and oxygen atoms in total. The molecule has 9 heteroatoms. The van der Waals surface area contributed by atoms with Crippen molar-refractivity contribution in [1.82, 2.24) is 30.3 Å². The van der Waals surface area contributed by atoms with Crippen LogP contribution in [0.5, 0.6) is 5.88 Å². The van der Waals surface area contributed by atoms with Crippen molar-refractivity contribution >= 4 is 5.91 Å². The van der Waals surface area contributed by atoms with E-state index in [-0.39, 0.29) is 35.3 Å². The molecule has 1 aromatic carbocycles. The van der Waals surface area contributed by atoms with Gasteiger partial charge < -0.3 is 10.1 Å². The van der Waals surface area contributed by atoms with Crippen LogP contribution in [0.4, 0.5) is 0 Å². The number of carbonyl (C=O) groups is 1. The van der Waals surface area contributed by atoms with E-state index in [0.717, 1.165) is 31.4 Å². The highest BCUT2D eigenvalue weighted by atomic mass is 16.5. The standard InChI is InChI=1S/C20H19N7O2/c21-12-17-20(23-11-10-22-17)29-16-8-6-14(7-9-16)25-19(28)18-13-24-27(26-18)15-4-2-1-3-5-15/h1-5,10-11,13-14,16H,6-9H2,(H,25,28). The number of nitriles is 1. The molecule has 0 spiro atoms. The highest BCUT2D eigenvalue weighted by Gasteiger charge is 2.26. The zero-order valence-corrected chi connectivity index (χ0v) is 15.6. The molecule has 1 aliphatic rings. The summed E-state index contributed by atoms with van der Waals surface area (Å²) >= 11 is 0. The van der Waals surface area contributed by atoms with E-state index >= 15 is 0 Å². The summed E-state index contributed by atoms with van der Waals surface area (Å²) in [6.07, 6.45) is 7.43. The second-order valence-corrected chi connectivity index (χ2v) is 6.74.